The van der Waals surface area contributed by atoms with Crippen molar-refractivity contribution in [1.29, 1.82) is 0 Å². The predicted molar refractivity (Wildman–Crippen MR) is 120 cm³/mol. The van der Waals surface area contributed by atoms with Crippen LogP contribution in [0.3, 0.4) is 0 Å². The van der Waals surface area contributed by atoms with Crippen molar-refractivity contribution >= 4 is 28.8 Å². The molecule has 1 aliphatic rings. The average Bonchev–Trinajstić information content (AvgIpc) is 3.34. The Bertz CT molecular complexity index is 1330. The van der Waals surface area contributed by atoms with Crippen LogP contribution in [0.4, 0.5) is 5.69 Å². The molecule has 1 atom stereocenters. The third-order valence-electron chi connectivity index (χ3n) is 5.89. The van der Waals surface area contributed by atoms with E-state index >= 15 is 0 Å². The van der Waals surface area contributed by atoms with Gasteiger partial charge in [-0.3, -0.25) is 14.1 Å². The van der Waals surface area contributed by atoms with E-state index in [1.807, 2.05) is 66.6 Å². The summed E-state index contributed by atoms with van der Waals surface area (Å²) in [6.45, 7) is 10.0. The number of carbonyl (C=O) groups excluding carboxylic acids is 1. The van der Waals surface area contributed by atoms with Crippen molar-refractivity contribution < 1.29 is 4.79 Å². The van der Waals surface area contributed by atoms with E-state index in [0.717, 1.165) is 39.8 Å². The smallest absolute Gasteiger partial charge is 0.279 e. The normalized spacial score (nSPS) is 16.0. The molecule has 4 heterocycles. The second-order valence-electron chi connectivity index (χ2n) is 8.31. The van der Waals surface area contributed by atoms with E-state index in [-0.39, 0.29) is 18.0 Å². The Hall–Kier alpha value is -3.19. The lowest BCUT2D eigenvalue weighted by Crippen LogP contribution is -2.30. The lowest BCUT2D eigenvalue weighted by Gasteiger charge is -2.28. The second kappa shape index (κ2) is 6.92. The highest BCUT2D eigenvalue weighted by atomic mass is 35.5. The maximum atomic E-state index is 13.7. The van der Waals surface area contributed by atoms with Gasteiger partial charge in [0.25, 0.3) is 5.91 Å². The maximum absolute atomic E-state index is 13.7. The Kier molecular flexibility index (Phi) is 4.41. The van der Waals surface area contributed by atoms with Gasteiger partial charge in [-0.2, -0.15) is 0 Å². The molecule has 1 unspecified atom stereocenters. The van der Waals surface area contributed by atoms with Crippen LogP contribution in [0.1, 0.15) is 64.9 Å². The molecule has 3 aromatic heterocycles. The number of benzene rings is 1. The number of halogens is 1. The van der Waals surface area contributed by atoms with Gasteiger partial charge >= 0.3 is 0 Å². The van der Waals surface area contributed by atoms with E-state index in [2.05, 4.69) is 33.6 Å². The molecule has 0 aliphatic carbocycles. The van der Waals surface area contributed by atoms with Crippen LogP contribution in [-0.2, 0) is 0 Å². The zero-order valence-corrected chi connectivity index (χ0v) is 18.8. The Morgan fingerprint density at radius 2 is 1.74 bits per heavy atom. The van der Waals surface area contributed by atoms with Crippen LogP contribution in [0.5, 0.6) is 0 Å². The molecule has 4 aromatic rings. The number of amides is 1. The van der Waals surface area contributed by atoms with E-state index in [9.17, 15) is 4.79 Å². The topological polar surface area (TPSA) is 68.3 Å². The van der Waals surface area contributed by atoms with Gasteiger partial charge in [-0.05, 0) is 63.9 Å². The van der Waals surface area contributed by atoms with Crippen molar-refractivity contribution in [3.8, 4) is 0 Å². The first-order valence-electron chi connectivity index (χ1n) is 10.3. The van der Waals surface area contributed by atoms with Crippen molar-refractivity contribution in [2.24, 2.45) is 0 Å². The molecule has 0 saturated carbocycles. The van der Waals surface area contributed by atoms with E-state index in [1.165, 1.54) is 0 Å². The van der Waals surface area contributed by atoms with Gasteiger partial charge in [0.15, 0.2) is 11.3 Å². The first-order chi connectivity index (χ1) is 14.8. The van der Waals surface area contributed by atoms with Gasteiger partial charge in [0.1, 0.15) is 17.7 Å². The average molecular weight is 435 g/mol. The van der Waals surface area contributed by atoms with Crippen LogP contribution in [0.25, 0.3) is 5.65 Å². The lowest BCUT2D eigenvalue weighted by atomic mass is 10.0. The molecule has 5 rings (SSSR count). The molecule has 0 N–H and O–H groups in total. The highest BCUT2D eigenvalue weighted by Crippen LogP contribution is 2.43. The summed E-state index contributed by atoms with van der Waals surface area (Å²) in [5.74, 6) is 1.50. The molecule has 1 aliphatic heterocycles. The molecule has 1 aromatic carbocycles. The van der Waals surface area contributed by atoms with E-state index in [4.69, 9.17) is 11.6 Å². The number of hydrogen-bond acceptors (Lipinski definition) is 4. The van der Waals surface area contributed by atoms with Crippen molar-refractivity contribution in [1.82, 2.24) is 24.1 Å². The number of rotatable bonds is 3. The minimum absolute atomic E-state index is 0.109. The fourth-order valence-corrected chi connectivity index (χ4v) is 4.71. The van der Waals surface area contributed by atoms with Crippen molar-refractivity contribution in [3.63, 3.8) is 0 Å². The molecule has 0 bridgehead atoms. The molecule has 158 valence electrons. The Morgan fingerprint density at radius 1 is 1.03 bits per heavy atom. The largest absolute Gasteiger partial charge is 0.327 e. The molecule has 1 amide bonds. The van der Waals surface area contributed by atoms with Crippen LogP contribution in [-0.4, -0.2) is 30.1 Å². The molecule has 7 nitrogen and oxygen atoms in total. The molecule has 0 spiro atoms. The van der Waals surface area contributed by atoms with Crippen molar-refractivity contribution in [3.05, 3.63) is 75.7 Å². The summed E-state index contributed by atoms with van der Waals surface area (Å²) >= 11 is 6.16. The fourth-order valence-electron chi connectivity index (χ4n) is 4.58. The van der Waals surface area contributed by atoms with Crippen LogP contribution >= 0.6 is 11.6 Å². The Balaban J connectivity index is 1.77. The first-order valence-corrected chi connectivity index (χ1v) is 10.7. The fraction of sp³-hybridized carbons (Fsp3) is 0.304. The molecule has 0 fully saturated rings. The number of anilines is 1. The SMILES string of the molecule is Cc1cc(N2C(=O)c3nc(C)n(C(C)C)c3C2c2ccc(Cl)cc2)cn2c(C)nnc12. The molecule has 8 heteroatoms. The lowest BCUT2D eigenvalue weighted by molar-refractivity contribution is 0.0989. The molecular formula is C23H23ClN6O. The van der Waals surface area contributed by atoms with Crippen molar-refractivity contribution in [2.45, 2.75) is 46.7 Å². The summed E-state index contributed by atoms with van der Waals surface area (Å²) in [5, 5.41) is 9.09. The predicted octanol–water partition coefficient (Wildman–Crippen LogP) is 4.84. The molecule has 0 radical (unpaired) electrons. The van der Waals surface area contributed by atoms with Gasteiger partial charge < -0.3 is 4.57 Å². The third-order valence-corrected chi connectivity index (χ3v) is 6.14. The minimum atomic E-state index is -0.308. The Morgan fingerprint density at radius 3 is 2.42 bits per heavy atom. The number of nitrogens with zero attached hydrogens (tertiary/aromatic N) is 6. The minimum Gasteiger partial charge on any atom is -0.327 e. The summed E-state index contributed by atoms with van der Waals surface area (Å²) in [5.41, 5.74) is 4.92. The second-order valence-corrected chi connectivity index (χ2v) is 8.74. The summed E-state index contributed by atoms with van der Waals surface area (Å²) in [6, 6.07) is 9.52. The number of carbonyl (C=O) groups is 1. The maximum Gasteiger partial charge on any atom is 0.279 e. The Labute approximate surface area is 185 Å². The zero-order valence-electron chi connectivity index (χ0n) is 18.1. The van der Waals surface area contributed by atoms with Crippen LogP contribution < -0.4 is 4.90 Å². The molecule has 31 heavy (non-hydrogen) atoms. The standard InChI is InChI=1S/C23H23ClN6O/c1-12(2)29-14(4)25-19-21(29)20(16-6-8-17(24)9-7-16)30(23(19)31)18-10-13(3)22-27-26-15(5)28(22)11-18/h6-12,20H,1-5H3. The van der Waals surface area contributed by atoms with Crippen molar-refractivity contribution in [2.75, 3.05) is 4.90 Å². The summed E-state index contributed by atoms with van der Waals surface area (Å²) in [6.07, 6.45) is 1.93. The van der Waals surface area contributed by atoms with Gasteiger partial charge in [0, 0.05) is 17.3 Å². The van der Waals surface area contributed by atoms with Gasteiger partial charge in [-0.15, -0.1) is 10.2 Å². The van der Waals surface area contributed by atoms with E-state index < -0.39 is 0 Å². The molecule has 0 saturated heterocycles. The summed E-state index contributed by atoms with van der Waals surface area (Å²) in [7, 11) is 0. The molecular weight excluding hydrogens is 412 g/mol. The van der Waals surface area contributed by atoms with Gasteiger partial charge in [-0.25, -0.2) is 4.98 Å². The monoisotopic (exact) mass is 434 g/mol. The number of imidazole rings is 1. The number of pyridine rings is 1. The first kappa shape index (κ1) is 19.8. The van der Waals surface area contributed by atoms with Gasteiger partial charge in [0.05, 0.1) is 11.4 Å². The number of fused-ring (bicyclic) bond motifs is 2. The van der Waals surface area contributed by atoms with Gasteiger partial charge in [-0.1, -0.05) is 23.7 Å². The van der Waals surface area contributed by atoms with E-state index in [1.54, 1.807) is 0 Å². The zero-order chi connectivity index (χ0) is 22.0. The summed E-state index contributed by atoms with van der Waals surface area (Å²) in [4.78, 5) is 20.2. The van der Waals surface area contributed by atoms with Crippen LogP contribution in [0, 0.1) is 20.8 Å². The van der Waals surface area contributed by atoms with Gasteiger partial charge in [0.2, 0.25) is 0 Å². The number of hydrogen-bond donors (Lipinski definition) is 0. The third kappa shape index (κ3) is 2.87. The van der Waals surface area contributed by atoms with E-state index in [0.29, 0.717) is 10.7 Å². The highest BCUT2D eigenvalue weighted by Gasteiger charge is 2.44. The number of aromatic nitrogens is 5. The summed E-state index contributed by atoms with van der Waals surface area (Å²) < 4.78 is 4.08. The van der Waals surface area contributed by atoms with Crippen LogP contribution in [0.2, 0.25) is 5.02 Å². The van der Waals surface area contributed by atoms with Crippen LogP contribution in [0.15, 0.2) is 36.5 Å². The number of aryl methyl sites for hydroxylation is 3. The quantitative estimate of drug-likeness (QED) is 0.463. The highest BCUT2D eigenvalue weighted by molar-refractivity contribution is 6.30.